The third-order valence-corrected chi connectivity index (χ3v) is 0.706. The van der Waals surface area contributed by atoms with Crippen LogP contribution >= 0.6 is 0 Å². The van der Waals surface area contributed by atoms with Crippen LogP contribution in [0.25, 0.3) is 0 Å². The molecule has 0 saturated carbocycles. The number of nitrogens with zero attached hydrogens (tertiary/aromatic N) is 1. The number of rotatable bonds is 3. The maximum Gasteiger partial charge on any atom is 0.0931 e. The Hall–Kier alpha value is -0.570. The lowest BCUT2D eigenvalue weighted by molar-refractivity contribution is 0.123. The van der Waals surface area contributed by atoms with Gasteiger partial charge in [-0.3, -0.25) is 0 Å². The molecule has 1 atom stereocenters. The molecule has 3 nitrogen and oxygen atoms in total. The van der Waals surface area contributed by atoms with Gasteiger partial charge in [-0.1, -0.05) is 5.16 Å². The maximum absolute atomic E-state index is 7.95. The van der Waals surface area contributed by atoms with E-state index in [4.69, 9.17) is 9.94 Å². The van der Waals surface area contributed by atoms with Crippen molar-refractivity contribution in [2.24, 2.45) is 5.16 Å². The lowest BCUT2D eigenvalue weighted by atomic mass is 10.4. The summed E-state index contributed by atoms with van der Waals surface area (Å²) in [7, 11) is 0. The first kappa shape index (κ1) is 7.43. The fourth-order valence-electron chi connectivity index (χ4n) is 0.400. The largest absolute Gasteiger partial charge is 0.411 e. The molecule has 0 fully saturated rings. The first-order valence-corrected chi connectivity index (χ1v) is 2.60. The summed E-state index contributed by atoms with van der Waals surface area (Å²) in [6, 6.07) is 0. The SMILES string of the molecule is CCOC(C)C=NO. The zero-order chi connectivity index (χ0) is 6.41. The molecule has 0 aliphatic rings. The van der Waals surface area contributed by atoms with E-state index in [0.29, 0.717) is 6.61 Å². The van der Waals surface area contributed by atoms with Crippen LogP contribution in [-0.2, 0) is 4.74 Å². The van der Waals surface area contributed by atoms with Gasteiger partial charge in [0.05, 0.1) is 12.3 Å². The van der Waals surface area contributed by atoms with E-state index in [1.807, 2.05) is 13.8 Å². The van der Waals surface area contributed by atoms with Crippen molar-refractivity contribution < 1.29 is 9.94 Å². The van der Waals surface area contributed by atoms with Gasteiger partial charge in [-0.2, -0.15) is 0 Å². The molecule has 48 valence electrons. The van der Waals surface area contributed by atoms with Gasteiger partial charge < -0.3 is 9.94 Å². The van der Waals surface area contributed by atoms with E-state index in [0.717, 1.165) is 0 Å². The van der Waals surface area contributed by atoms with Crippen LogP contribution in [0.15, 0.2) is 5.16 Å². The second-order valence-corrected chi connectivity index (χ2v) is 1.43. The Labute approximate surface area is 49.0 Å². The van der Waals surface area contributed by atoms with Gasteiger partial charge >= 0.3 is 0 Å². The molecule has 0 amide bonds. The summed E-state index contributed by atoms with van der Waals surface area (Å²) in [6.07, 6.45) is 1.26. The summed E-state index contributed by atoms with van der Waals surface area (Å²) < 4.78 is 4.97. The first-order chi connectivity index (χ1) is 3.81. The van der Waals surface area contributed by atoms with Crippen LogP contribution in [0, 0.1) is 0 Å². The molecule has 0 aliphatic carbocycles. The van der Waals surface area contributed by atoms with Crippen molar-refractivity contribution in [3.05, 3.63) is 0 Å². The standard InChI is InChI=1S/C5H11NO2/c1-3-8-5(2)4-6-7/h4-5,7H,3H2,1-2H3. The molecular formula is C5H11NO2. The van der Waals surface area contributed by atoms with Crippen molar-refractivity contribution in [3.8, 4) is 0 Å². The molecule has 0 spiro atoms. The molecule has 0 radical (unpaired) electrons. The molecule has 0 saturated heterocycles. The Morgan fingerprint density at radius 1 is 1.88 bits per heavy atom. The van der Waals surface area contributed by atoms with Gasteiger partial charge in [0, 0.05) is 6.61 Å². The van der Waals surface area contributed by atoms with Crippen LogP contribution in [0.1, 0.15) is 13.8 Å². The van der Waals surface area contributed by atoms with Gasteiger partial charge in [-0.25, -0.2) is 0 Å². The second-order valence-electron chi connectivity index (χ2n) is 1.43. The van der Waals surface area contributed by atoms with E-state index in [2.05, 4.69) is 5.16 Å². The zero-order valence-electron chi connectivity index (χ0n) is 5.16. The van der Waals surface area contributed by atoms with Crippen molar-refractivity contribution in [1.82, 2.24) is 0 Å². The summed E-state index contributed by atoms with van der Waals surface area (Å²) in [5.74, 6) is 0. The van der Waals surface area contributed by atoms with Crippen molar-refractivity contribution in [3.63, 3.8) is 0 Å². The fourth-order valence-corrected chi connectivity index (χ4v) is 0.400. The predicted octanol–water partition coefficient (Wildman–Crippen LogP) is 0.871. The highest BCUT2D eigenvalue weighted by Gasteiger charge is 1.91. The molecule has 3 heteroatoms. The van der Waals surface area contributed by atoms with Gasteiger partial charge in [0.15, 0.2) is 0 Å². The number of ether oxygens (including phenoxy) is 1. The molecule has 0 aromatic carbocycles. The van der Waals surface area contributed by atoms with E-state index in [1.165, 1.54) is 6.21 Å². The normalized spacial score (nSPS) is 14.8. The van der Waals surface area contributed by atoms with E-state index in [-0.39, 0.29) is 6.10 Å². The van der Waals surface area contributed by atoms with Crippen molar-refractivity contribution in [2.75, 3.05) is 6.61 Å². The van der Waals surface area contributed by atoms with E-state index >= 15 is 0 Å². The van der Waals surface area contributed by atoms with E-state index in [1.54, 1.807) is 0 Å². The highest BCUT2D eigenvalue weighted by atomic mass is 16.5. The first-order valence-electron chi connectivity index (χ1n) is 2.60. The van der Waals surface area contributed by atoms with E-state index < -0.39 is 0 Å². The third kappa shape index (κ3) is 3.61. The van der Waals surface area contributed by atoms with Gasteiger partial charge in [-0.05, 0) is 13.8 Å². The topological polar surface area (TPSA) is 41.8 Å². The Kier molecular flexibility index (Phi) is 4.26. The van der Waals surface area contributed by atoms with Crippen LogP contribution in [0.3, 0.4) is 0 Å². The molecule has 8 heavy (non-hydrogen) atoms. The fraction of sp³-hybridized carbons (Fsp3) is 0.800. The molecular weight excluding hydrogens is 106 g/mol. The molecule has 0 rings (SSSR count). The lowest BCUT2D eigenvalue weighted by Crippen LogP contribution is -2.08. The quantitative estimate of drug-likeness (QED) is 0.338. The van der Waals surface area contributed by atoms with Crippen LogP contribution in [0.4, 0.5) is 0 Å². The Balaban J connectivity index is 3.17. The Morgan fingerprint density at radius 2 is 2.50 bits per heavy atom. The molecule has 0 heterocycles. The van der Waals surface area contributed by atoms with Crippen molar-refractivity contribution in [1.29, 1.82) is 0 Å². The number of hydrogen-bond acceptors (Lipinski definition) is 3. The number of oxime groups is 1. The van der Waals surface area contributed by atoms with Gasteiger partial charge in [0.2, 0.25) is 0 Å². The monoisotopic (exact) mass is 117 g/mol. The summed E-state index contributed by atoms with van der Waals surface area (Å²) >= 11 is 0. The van der Waals surface area contributed by atoms with Gasteiger partial charge in [-0.15, -0.1) is 0 Å². The minimum absolute atomic E-state index is 0.0787. The van der Waals surface area contributed by atoms with Gasteiger partial charge in [0.1, 0.15) is 0 Å². The second kappa shape index (κ2) is 4.59. The molecule has 0 aliphatic heterocycles. The molecule has 0 aromatic rings. The molecule has 1 unspecified atom stereocenters. The minimum Gasteiger partial charge on any atom is -0.411 e. The average Bonchev–Trinajstić information content (AvgIpc) is 1.68. The molecule has 0 bridgehead atoms. The number of hydrogen-bond donors (Lipinski definition) is 1. The highest BCUT2D eigenvalue weighted by Crippen LogP contribution is 1.83. The van der Waals surface area contributed by atoms with Crippen LogP contribution < -0.4 is 0 Å². The van der Waals surface area contributed by atoms with Crippen LogP contribution in [-0.4, -0.2) is 24.1 Å². The zero-order valence-corrected chi connectivity index (χ0v) is 5.16. The van der Waals surface area contributed by atoms with Crippen molar-refractivity contribution >= 4 is 6.21 Å². The van der Waals surface area contributed by atoms with Crippen LogP contribution in [0.2, 0.25) is 0 Å². The van der Waals surface area contributed by atoms with Crippen LogP contribution in [0.5, 0.6) is 0 Å². The summed E-state index contributed by atoms with van der Waals surface area (Å²) in [5, 5.41) is 10.8. The highest BCUT2D eigenvalue weighted by molar-refractivity contribution is 5.61. The predicted molar refractivity (Wildman–Crippen MR) is 31.4 cm³/mol. The average molecular weight is 117 g/mol. The third-order valence-electron chi connectivity index (χ3n) is 0.706. The lowest BCUT2D eigenvalue weighted by Gasteiger charge is -2.01. The molecule has 1 N–H and O–H groups in total. The van der Waals surface area contributed by atoms with Crippen molar-refractivity contribution in [2.45, 2.75) is 20.0 Å². The van der Waals surface area contributed by atoms with E-state index in [9.17, 15) is 0 Å². The smallest absolute Gasteiger partial charge is 0.0931 e. The molecule has 0 aromatic heterocycles. The minimum atomic E-state index is -0.0787. The Bertz CT molecular complexity index is 72.8. The van der Waals surface area contributed by atoms with Gasteiger partial charge in [0.25, 0.3) is 0 Å². The summed E-state index contributed by atoms with van der Waals surface area (Å²) in [5.41, 5.74) is 0. The Morgan fingerprint density at radius 3 is 2.88 bits per heavy atom. The summed E-state index contributed by atoms with van der Waals surface area (Å²) in [6.45, 7) is 4.35. The maximum atomic E-state index is 7.95. The summed E-state index contributed by atoms with van der Waals surface area (Å²) in [4.78, 5) is 0.